The minimum Gasteiger partial charge on any atom is -0.439 e. The van der Waals surface area contributed by atoms with E-state index in [9.17, 15) is 10.1 Å². The first-order valence-corrected chi connectivity index (χ1v) is 7.87. The molecule has 2 rings (SSSR count). The second kappa shape index (κ2) is 7.26. The fourth-order valence-electron chi connectivity index (χ4n) is 2.33. The molecule has 0 heterocycles. The number of hydrogen-bond acceptors (Lipinski definition) is 3. The highest BCUT2D eigenvalue weighted by atomic mass is 79.9. The van der Waals surface area contributed by atoms with Crippen LogP contribution in [-0.2, 0) is 4.74 Å². The number of esters is 1. The average molecular weight is 370 g/mol. The number of nitrogens with zero attached hydrogens (tertiary/aromatic N) is 1. The van der Waals surface area contributed by atoms with Crippen LogP contribution in [0, 0.1) is 11.3 Å². The summed E-state index contributed by atoms with van der Waals surface area (Å²) >= 11 is 3.32. The Kier molecular flexibility index (Phi) is 5.36. The van der Waals surface area contributed by atoms with Crippen molar-refractivity contribution in [2.45, 2.75) is 18.4 Å². The number of ether oxygens (including phenoxy) is 1. The Morgan fingerprint density at radius 2 is 1.87 bits per heavy atom. The van der Waals surface area contributed by atoms with Gasteiger partial charge in [0.2, 0.25) is 5.60 Å². The Morgan fingerprint density at radius 3 is 2.39 bits per heavy atom. The number of benzene rings is 2. The molecule has 0 aliphatic rings. The smallest absolute Gasteiger partial charge is 0.339 e. The molecule has 0 radical (unpaired) electrons. The van der Waals surface area contributed by atoms with Crippen molar-refractivity contribution < 1.29 is 9.53 Å². The molecule has 0 bridgehead atoms. The Balaban J connectivity index is 2.29. The van der Waals surface area contributed by atoms with Gasteiger partial charge in [-0.15, -0.1) is 6.58 Å². The van der Waals surface area contributed by atoms with Crippen molar-refractivity contribution >= 4 is 21.9 Å². The van der Waals surface area contributed by atoms with Crippen molar-refractivity contribution in [3.8, 4) is 6.07 Å². The van der Waals surface area contributed by atoms with Crippen LogP contribution in [0.5, 0.6) is 0 Å². The molecule has 0 unspecified atom stereocenters. The zero-order valence-electron chi connectivity index (χ0n) is 12.7. The Hall–Kier alpha value is -2.38. The summed E-state index contributed by atoms with van der Waals surface area (Å²) in [6, 6.07) is 18.3. The normalized spacial score (nSPS) is 14.1. The Morgan fingerprint density at radius 1 is 1.26 bits per heavy atom. The molecular formula is C19H16BrNO2. The van der Waals surface area contributed by atoms with Crippen molar-refractivity contribution in [3.05, 3.63) is 82.9 Å². The van der Waals surface area contributed by atoms with Crippen LogP contribution < -0.4 is 0 Å². The van der Waals surface area contributed by atoms with Crippen molar-refractivity contribution in [1.29, 1.82) is 5.26 Å². The summed E-state index contributed by atoms with van der Waals surface area (Å²) in [5.74, 6) is -0.961. The standard InChI is InChI=1S/C19H16BrNO2/c1-3-17(14-7-5-4-6-8-14)19(2,13-21)23-18(22)15-9-11-16(20)12-10-15/h3-12,17H,1H2,2H3/t17-,19+/m0/s1. The molecule has 4 heteroatoms. The molecule has 0 aliphatic heterocycles. The molecule has 0 aromatic heterocycles. The zero-order valence-corrected chi connectivity index (χ0v) is 14.3. The molecule has 0 saturated carbocycles. The van der Waals surface area contributed by atoms with Crippen LogP contribution in [0.3, 0.4) is 0 Å². The highest BCUT2D eigenvalue weighted by Crippen LogP contribution is 2.33. The molecule has 0 amide bonds. The number of carbonyl (C=O) groups is 1. The number of rotatable bonds is 5. The lowest BCUT2D eigenvalue weighted by molar-refractivity contribution is 0.00873. The van der Waals surface area contributed by atoms with Crippen LogP contribution in [-0.4, -0.2) is 11.6 Å². The van der Waals surface area contributed by atoms with Gasteiger partial charge in [0.1, 0.15) is 6.07 Å². The quantitative estimate of drug-likeness (QED) is 0.558. The van der Waals surface area contributed by atoms with Gasteiger partial charge in [-0.1, -0.05) is 52.3 Å². The molecular weight excluding hydrogens is 354 g/mol. The van der Waals surface area contributed by atoms with E-state index >= 15 is 0 Å². The molecule has 2 aromatic carbocycles. The second-order valence-electron chi connectivity index (χ2n) is 5.24. The topological polar surface area (TPSA) is 50.1 Å². The molecule has 0 N–H and O–H groups in total. The summed E-state index contributed by atoms with van der Waals surface area (Å²) in [4.78, 5) is 12.4. The lowest BCUT2D eigenvalue weighted by Gasteiger charge is -2.29. The van der Waals surface area contributed by atoms with E-state index in [0.717, 1.165) is 10.0 Å². The molecule has 3 nitrogen and oxygen atoms in total. The van der Waals surface area contributed by atoms with Gasteiger partial charge < -0.3 is 4.74 Å². The molecule has 0 fully saturated rings. The summed E-state index contributed by atoms with van der Waals surface area (Å²) in [6.45, 7) is 5.39. The first-order valence-electron chi connectivity index (χ1n) is 7.08. The van der Waals surface area contributed by atoms with Crippen LogP contribution in [0.2, 0.25) is 0 Å². The number of carbonyl (C=O) groups excluding carboxylic acids is 1. The largest absolute Gasteiger partial charge is 0.439 e. The minimum atomic E-state index is -1.34. The maximum absolute atomic E-state index is 12.4. The van der Waals surface area contributed by atoms with E-state index in [0.29, 0.717) is 5.56 Å². The van der Waals surface area contributed by atoms with E-state index in [1.165, 1.54) is 0 Å². The highest BCUT2D eigenvalue weighted by molar-refractivity contribution is 9.10. The summed E-state index contributed by atoms with van der Waals surface area (Å²) < 4.78 is 6.40. The first-order chi connectivity index (χ1) is 11.0. The summed E-state index contributed by atoms with van der Waals surface area (Å²) in [7, 11) is 0. The predicted molar refractivity (Wildman–Crippen MR) is 93.0 cm³/mol. The maximum atomic E-state index is 12.4. The van der Waals surface area contributed by atoms with E-state index in [-0.39, 0.29) is 0 Å². The number of halogens is 1. The van der Waals surface area contributed by atoms with Crippen LogP contribution in [0.25, 0.3) is 0 Å². The minimum absolute atomic E-state index is 0.394. The van der Waals surface area contributed by atoms with E-state index in [2.05, 4.69) is 28.6 Å². The van der Waals surface area contributed by atoms with Crippen LogP contribution >= 0.6 is 15.9 Å². The number of hydrogen-bond donors (Lipinski definition) is 0. The van der Waals surface area contributed by atoms with Crippen LogP contribution in [0.1, 0.15) is 28.8 Å². The lowest BCUT2D eigenvalue weighted by atomic mass is 9.84. The first kappa shape index (κ1) is 17.0. The summed E-state index contributed by atoms with van der Waals surface area (Å²) in [6.07, 6.45) is 1.63. The predicted octanol–water partition coefficient (Wildman–Crippen LogP) is 4.86. The molecule has 116 valence electrons. The van der Waals surface area contributed by atoms with Gasteiger partial charge in [0.05, 0.1) is 11.5 Å². The maximum Gasteiger partial charge on any atom is 0.339 e. The molecule has 0 saturated heterocycles. The third-order valence-electron chi connectivity index (χ3n) is 3.59. The van der Waals surface area contributed by atoms with Crippen molar-refractivity contribution in [1.82, 2.24) is 0 Å². The fourth-order valence-corrected chi connectivity index (χ4v) is 2.60. The van der Waals surface area contributed by atoms with Gasteiger partial charge in [-0.2, -0.15) is 5.26 Å². The second-order valence-corrected chi connectivity index (χ2v) is 6.15. The van der Waals surface area contributed by atoms with Gasteiger partial charge in [0.15, 0.2) is 0 Å². The SMILES string of the molecule is C=C[C@@H](c1ccccc1)[C@@](C)(C#N)OC(=O)c1ccc(Br)cc1. The van der Waals surface area contributed by atoms with Crippen LogP contribution in [0.4, 0.5) is 0 Å². The molecule has 23 heavy (non-hydrogen) atoms. The third-order valence-corrected chi connectivity index (χ3v) is 4.12. The van der Waals surface area contributed by atoms with Crippen molar-refractivity contribution in [2.24, 2.45) is 0 Å². The average Bonchev–Trinajstić information content (AvgIpc) is 2.57. The molecule has 2 atom stereocenters. The van der Waals surface area contributed by atoms with Gasteiger partial charge in [-0.3, -0.25) is 0 Å². The fraction of sp³-hybridized carbons (Fsp3) is 0.158. The van der Waals surface area contributed by atoms with Crippen molar-refractivity contribution in [3.63, 3.8) is 0 Å². The Labute approximate surface area is 144 Å². The van der Waals surface area contributed by atoms with Crippen molar-refractivity contribution in [2.75, 3.05) is 0 Å². The van der Waals surface area contributed by atoms with Gasteiger partial charge in [0, 0.05) is 4.47 Å². The van der Waals surface area contributed by atoms with Gasteiger partial charge in [-0.25, -0.2) is 4.79 Å². The van der Waals surface area contributed by atoms with Gasteiger partial charge in [0.25, 0.3) is 0 Å². The zero-order chi connectivity index (χ0) is 16.9. The third kappa shape index (κ3) is 3.88. The molecule has 0 aliphatic carbocycles. The molecule has 2 aromatic rings. The highest BCUT2D eigenvalue weighted by Gasteiger charge is 2.38. The lowest BCUT2D eigenvalue weighted by Crippen LogP contribution is -2.36. The molecule has 0 spiro atoms. The Bertz CT molecular complexity index is 734. The summed E-state index contributed by atoms with van der Waals surface area (Å²) in [5.41, 5.74) is -0.0755. The van der Waals surface area contributed by atoms with E-state index in [1.54, 1.807) is 37.3 Å². The summed E-state index contributed by atoms with van der Waals surface area (Å²) in [5, 5.41) is 9.61. The van der Waals surface area contributed by atoms with Gasteiger partial charge >= 0.3 is 5.97 Å². The monoisotopic (exact) mass is 369 g/mol. The van der Waals surface area contributed by atoms with E-state index < -0.39 is 17.5 Å². The number of nitriles is 1. The van der Waals surface area contributed by atoms with Gasteiger partial charge in [-0.05, 0) is 36.8 Å². The van der Waals surface area contributed by atoms with E-state index in [1.807, 2.05) is 30.3 Å². The van der Waals surface area contributed by atoms with E-state index in [4.69, 9.17) is 4.74 Å². The van der Waals surface area contributed by atoms with Crippen LogP contribution in [0.15, 0.2) is 71.7 Å².